The van der Waals surface area contributed by atoms with Crippen molar-refractivity contribution in [1.82, 2.24) is 9.80 Å². The van der Waals surface area contributed by atoms with E-state index < -0.39 is 0 Å². The van der Waals surface area contributed by atoms with Gasteiger partial charge in [-0.1, -0.05) is 0 Å². The summed E-state index contributed by atoms with van der Waals surface area (Å²) in [4.78, 5) is 29.7. The fraction of sp³-hybridized carbons (Fsp3) is 0.647. The molecule has 1 aromatic rings. The summed E-state index contributed by atoms with van der Waals surface area (Å²) in [5.74, 6) is 0.0779. The van der Waals surface area contributed by atoms with Crippen molar-refractivity contribution in [3.8, 4) is 0 Å². The van der Waals surface area contributed by atoms with E-state index in [1.54, 1.807) is 12.1 Å². The molecule has 0 saturated carbocycles. The fourth-order valence-corrected chi connectivity index (χ4v) is 4.10. The van der Waals surface area contributed by atoms with Gasteiger partial charge in [0, 0.05) is 32.8 Å². The molecular weight excluding hydrogens is 312 g/mol. The van der Waals surface area contributed by atoms with E-state index in [1.807, 2.05) is 4.90 Å². The SMILES string of the molecule is CC(=O)c1ccc(C(=O)N2CCCN(C[C@H]3CCCO3)CC2)s1. The number of rotatable bonds is 4. The van der Waals surface area contributed by atoms with E-state index in [2.05, 4.69) is 4.90 Å². The van der Waals surface area contributed by atoms with Gasteiger partial charge in [0.05, 0.1) is 15.9 Å². The van der Waals surface area contributed by atoms with Crippen molar-refractivity contribution in [2.24, 2.45) is 0 Å². The van der Waals surface area contributed by atoms with Gasteiger partial charge >= 0.3 is 0 Å². The highest BCUT2D eigenvalue weighted by Crippen LogP contribution is 2.20. The first-order valence-corrected chi connectivity index (χ1v) is 9.19. The van der Waals surface area contributed by atoms with Gasteiger partial charge in [-0.2, -0.15) is 0 Å². The number of hydrogen-bond donors (Lipinski definition) is 0. The molecular formula is C17H24N2O3S. The Bertz CT molecular complexity index is 566. The van der Waals surface area contributed by atoms with Crippen LogP contribution in [0.2, 0.25) is 0 Å². The Morgan fingerprint density at radius 2 is 2.00 bits per heavy atom. The highest BCUT2D eigenvalue weighted by atomic mass is 32.1. The molecule has 0 N–H and O–H groups in total. The average Bonchev–Trinajstić information content (AvgIpc) is 3.16. The molecule has 2 saturated heterocycles. The van der Waals surface area contributed by atoms with Crippen molar-refractivity contribution in [3.63, 3.8) is 0 Å². The molecule has 0 aromatic carbocycles. The van der Waals surface area contributed by atoms with Crippen LogP contribution >= 0.6 is 11.3 Å². The summed E-state index contributed by atoms with van der Waals surface area (Å²) in [5, 5.41) is 0. The number of ether oxygens (including phenoxy) is 1. The van der Waals surface area contributed by atoms with Gasteiger partial charge in [-0.15, -0.1) is 11.3 Å². The largest absolute Gasteiger partial charge is 0.377 e. The second-order valence-corrected chi connectivity index (χ2v) is 7.39. The average molecular weight is 336 g/mol. The number of amides is 1. The Labute approximate surface area is 141 Å². The van der Waals surface area contributed by atoms with E-state index in [0.717, 1.165) is 52.2 Å². The molecule has 2 aliphatic rings. The third kappa shape index (κ3) is 4.19. The summed E-state index contributed by atoms with van der Waals surface area (Å²) in [6.45, 7) is 6.86. The molecule has 1 amide bonds. The van der Waals surface area contributed by atoms with Gasteiger partial charge in [0.25, 0.3) is 5.91 Å². The molecule has 6 heteroatoms. The first kappa shape index (κ1) is 16.6. The number of hydrogen-bond acceptors (Lipinski definition) is 5. The summed E-state index contributed by atoms with van der Waals surface area (Å²) >= 11 is 1.30. The smallest absolute Gasteiger partial charge is 0.263 e. The zero-order valence-electron chi connectivity index (χ0n) is 13.6. The third-order valence-electron chi connectivity index (χ3n) is 4.53. The van der Waals surface area contributed by atoms with Gasteiger partial charge in [0.15, 0.2) is 5.78 Å². The number of carbonyl (C=O) groups is 2. The molecule has 0 spiro atoms. The van der Waals surface area contributed by atoms with Crippen LogP contribution in [-0.2, 0) is 4.74 Å². The minimum Gasteiger partial charge on any atom is -0.377 e. The molecule has 1 atom stereocenters. The van der Waals surface area contributed by atoms with Crippen LogP contribution in [-0.4, -0.2) is 66.9 Å². The lowest BCUT2D eigenvalue weighted by Gasteiger charge is -2.23. The van der Waals surface area contributed by atoms with Gasteiger partial charge in [-0.25, -0.2) is 0 Å². The van der Waals surface area contributed by atoms with Crippen LogP contribution in [0.25, 0.3) is 0 Å². The second-order valence-electron chi connectivity index (χ2n) is 6.30. The van der Waals surface area contributed by atoms with E-state index in [-0.39, 0.29) is 11.7 Å². The van der Waals surface area contributed by atoms with Crippen LogP contribution in [0.5, 0.6) is 0 Å². The summed E-state index contributed by atoms with van der Waals surface area (Å²) < 4.78 is 5.71. The molecule has 0 aliphatic carbocycles. The highest BCUT2D eigenvalue weighted by molar-refractivity contribution is 7.15. The monoisotopic (exact) mass is 336 g/mol. The van der Waals surface area contributed by atoms with Crippen LogP contribution in [0.15, 0.2) is 12.1 Å². The molecule has 23 heavy (non-hydrogen) atoms. The predicted octanol–water partition coefficient (Wildman–Crippen LogP) is 2.28. The van der Waals surface area contributed by atoms with Gasteiger partial charge in [-0.05, 0) is 44.9 Å². The maximum absolute atomic E-state index is 12.6. The van der Waals surface area contributed by atoms with Crippen molar-refractivity contribution in [3.05, 3.63) is 21.9 Å². The van der Waals surface area contributed by atoms with Gasteiger partial charge in [-0.3, -0.25) is 14.5 Å². The zero-order chi connectivity index (χ0) is 16.2. The van der Waals surface area contributed by atoms with Crippen LogP contribution in [0.3, 0.4) is 0 Å². The molecule has 2 fully saturated rings. The Morgan fingerprint density at radius 1 is 1.17 bits per heavy atom. The van der Waals surface area contributed by atoms with Crippen LogP contribution in [0, 0.1) is 0 Å². The second kappa shape index (κ2) is 7.55. The molecule has 0 bridgehead atoms. The van der Waals surface area contributed by atoms with Crippen molar-refractivity contribution in [2.75, 3.05) is 39.3 Å². The van der Waals surface area contributed by atoms with E-state index in [1.165, 1.54) is 24.7 Å². The van der Waals surface area contributed by atoms with Crippen molar-refractivity contribution in [2.45, 2.75) is 32.3 Å². The van der Waals surface area contributed by atoms with Crippen LogP contribution in [0.4, 0.5) is 0 Å². The number of carbonyl (C=O) groups excluding carboxylic acids is 2. The van der Waals surface area contributed by atoms with Crippen molar-refractivity contribution >= 4 is 23.0 Å². The van der Waals surface area contributed by atoms with Crippen LogP contribution in [0.1, 0.15) is 45.5 Å². The molecule has 0 radical (unpaired) electrons. The number of ketones is 1. The first-order valence-electron chi connectivity index (χ1n) is 8.37. The lowest BCUT2D eigenvalue weighted by molar-refractivity contribution is 0.0706. The molecule has 3 heterocycles. The Kier molecular flexibility index (Phi) is 5.46. The van der Waals surface area contributed by atoms with Gasteiger partial charge in [0.2, 0.25) is 0 Å². The number of nitrogens with zero attached hydrogens (tertiary/aromatic N) is 2. The Hall–Kier alpha value is -1.24. The Morgan fingerprint density at radius 3 is 2.70 bits per heavy atom. The molecule has 5 nitrogen and oxygen atoms in total. The zero-order valence-corrected chi connectivity index (χ0v) is 14.4. The maximum atomic E-state index is 12.6. The molecule has 3 rings (SSSR count). The van der Waals surface area contributed by atoms with Gasteiger partial charge < -0.3 is 9.64 Å². The summed E-state index contributed by atoms with van der Waals surface area (Å²) in [5.41, 5.74) is 0. The van der Waals surface area contributed by atoms with Crippen molar-refractivity contribution < 1.29 is 14.3 Å². The topological polar surface area (TPSA) is 49.9 Å². The molecule has 0 unspecified atom stereocenters. The Balaban J connectivity index is 1.56. The quantitative estimate of drug-likeness (QED) is 0.792. The lowest BCUT2D eigenvalue weighted by Crippen LogP contribution is -2.37. The van der Waals surface area contributed by atoms with Crippen LogP contribution < -0.4 is 0 Å². The lowest BCUT2D eigenvalue weighted by atomic mass is 10.2. The minimum absolute atomic E-state index is 0.0210. The predicted molar refractivity (Wildman–Crippen MR) is 90.3 cm³/mol. The van der Waals surface area contributed by atoms with E-state index >= 15 is 0 Å². The van der Waals surface area contributed by atoms with Crippen molar-refractivity contribution in [1.29, 1.82) is 0 Å². The van der Waals surface area contributed by atoms with E-state index in [4.69, 9.17) is 4.74 Å². The normalized spacial score (nSPS) is 23.0. The summed E-state index contributed by atoms with van der Waals surface area (Å²) in [6.07, 6.45) is 3.68. The highest BCUT2D eigenvalue weighted by Gasteiger charge is 2.24. The standard InChI is InChI=1S/C17H24N2O3S/c1-13(20)15-5-6-16(23-15)17(21)19-8-3-7-18(9-10-19)12-14-4-2-11-22-14/h5-6,14H,2-4,7-12H2,1H3/t14-/m1/s1. The first-order chi connectivity index (χ1) is 11.1. The third-order valence-corrected chi connectivity index (χ3v) is 5.70. The summed E-state index contributed by atoms with van der Waals surface area (Å²) in [6, 6.07) is 3.53. The maximum Gasteiger partial charge on any atom is 0.263 e. The van der Waals surface area contributed by atoms with E-state index in [0.29, 0.717) is 15.9 Å². The van der Waals surface area contributed by atoms with Gasteiger partial charge in [0.1, 0.15) is 0 Å². The fourth-order valence-electron chi connectivity index (χ4n) is 3.23. The minimum atomic E-state index is 0.0210. The number of thiophene rings is 1. The van der Waals surface area contributed by atoms with E-state index in [9.17, 15) is 9.59 Å². The molecule has 126 valence electrons. The molecule has 2 aliphatic heterocycles. The summed E-state index contributed by atoms with van der Waals surface area (Å²) in [7, 11) is 0. The number of Topliss-reactive ketones (excluding diaryl/α,β-unsaturated/α-hetero) is 1. The molecule has 1 aromatic heterocycles.